The van der Waals surface area contributed by atoms with Crippen LogP contribution in [0.2, 0.25) is 0 Å². The van der Waals surface area contributed by atoms with E-state index in [1.165, 1.54) is 11.8 Å². The van der Waals surface area contributed by atoms with E-state index in [0.717, 1.165) is 12.8 Å². The highest BCUT2D eigenvalue weighted by atomic mass is 32.2. The average molecular weight is 395 g/mol. The molecule has 0 unspecified atom stereocenters. The maximum atomic E-state index is 13.2. The molecule has 1 N–H and O–H groups in total. The SMILES string of the molecule is COc1ccc(-n2c(S[C@@H](C)C(=O)NC3CC3)nc3ccccc3c2=O)cc1. The van der Waals surface area contributed by atoms with Gasteiger partial charge in [0.2, 0.25) is 5.91 Å². The van der Waals surface area contributed by atoms with Gasteiger partial charge in [0.1, 0.15) is 5.75 Å². The van der Waals surface area contributed by atoms with Gasteiger partial charge < -0.3 is 10.1 Å². The third kappa shape index (κ3) is 3.75. The van der Waals surface area contributed by atoms with E-state index in [-0.39, 0.29) is 16.7 Å². The predicted molar refractivity (Wildman–Crippen MR) is 110 cm³/mol. The highest BCUT2D eigenvalue weighted by Gasteiger charge is 2.27. The lowest BCUT2D eigenvalue weighted by Crippen LogP contribution is -2.33. The number of fused-ring (bicyclic) bond motifs is 1. The van der Waals surface area contributed by atoms with Crippen LogP contribution >= 0.6 is 11.8 Å². The smallest absolute Gasteiger partial charge is 0.266 e. The van der Waals surface area contributed by atoms with E-state index < -0.39 is 0 Å². The van der Waals surface area contributed by atoms with Crippen LogP contribution in [0.25, 0.3) is 16.6 Å². The number of nitrogens with one attached hydrogen (secondary N) is 1. The Morgan fingerprint density at radius 3 is 2.61 bits per heavy atom. The lowest BCUT2D eigenvalue weighted by Gasteiger charge is -2.16. The van der Waals surface area contributed by atoms with Crippen LogP contribution in [0.5, 0.6) is 5.75 Å². The second-order valence-corrected chi connectivity index (χ2v) is 8.10. The van der Waals surface area contributed by atoms with E-state index >= 15 is 0 Å². The summed E-state index contributed by atoms with van der Waals surface area (Å²) in [5, 5.41) is 3.68. The minimum Gasteiger partial charge on any atom is -0.497 e. The van der Waals surface area contributed by atoms with Crippen LogP contribution in [0.1, 0.15) is 19.8 Å². The molecule has 1 amide bonds. The topological polar surface area (TPSA) is 73.2 Å². The zero-order valence-electron chi connectivity index (χ0n) is 15.7. The molecule has 0 aliphatic heterocycles. The molecule has 1 atom stereocenters. The summed E-state index contributed by atoms with van der Waals surface area (Å²) in [7, 11) is 1.60. The number of carbonyl (C=O) groups excluding carboxylic acids is 1. The Morgan fingerprint density at radius 1 is 1.21 bits per heavy atom. The number of benzene rings is 2. The summed E-state index contributed by atoms with van der Waals surface area (Å²) in [5.74, 6) is 0.674. The van der Waals surface area contributed by atoms with Crippen molar-refractivity contribution in [2.45, 2.75) is 36.2 Å². The first-order valence-electron chi connectivity index (χ1n) is 9.20. The molecule has 3 aromatic rings. The average Bonchev–Trinajstić information content (AvgIpc) is 3.52. The second kappa shape index (κ2) is 7.67. The summed E-state index contributed by atoms with van der Waals surface area (Å²) >= 11 is 1.29. The number of ether oxygens (including phenoxy) is 1. The first-order valence-corrected chi connectivity index (χ1v) is 10.1. The molecule has 0 spiro atoms. The number of hydrogen-bond acceptors (Lipinski definition) is 5. The Balaban J connectivity index is 1.78. The van der Waals surface area contributed by atoms with Gasteiger partial charge in [-0.3, -0.25) is 14.2 Å². The molecule has 144 valence electrons. The number of para-hydroxylation sites is 1. The van der Waals surface area contributed by atoms with E-state index in [0.29, 0.717) is 33.5 Å². The Kier molecular flexibility index (Phi) is 5.09. The standard InChI is InChI=1S/C21H21N3O3S/c1-13(19(25)22-14-7-8-14)28-21-23-18-6-4-3-5-17(18)20(26)24(21)15-9-11-16(27-2)12-10-15/h3-6,9-14H,7-8H2,1-2H3,(H,22,25)/t13-/m0/s1. The lowest BCUT2D eigenvalue weighted by molar-refractivity contribution is -0.120. The van der Waals surface area contributed by atoms with Crippen molar-refractivity contribution in [3.05, 3.63) is 58.9 Å². The Morgan fingerprint density at radius 2 is 1.93 bits per heavy atom. The zero-order valence-corrected chi connectivity index (χ0v) is 16.5. The van der Waals surface area contributed by atoms with Crippen LogP contribution in [-0.4, -0.2) is 33.9 Å². The van der Waals surface area contributed by atoms with Gasteiger partial charge in [0.05, 0.1) is 29.0 Å². The quantitative estimate of drug-likeness (QED) is 0.513. The number of carbonyl (C=O) groups is 1. The lowest BCUT2D eigenvalue weighted by atomic mass is 10.2. The molecule has 1 aliphatic rings. The Bertz CT molecular complexity index is 1070. The third-order valence-electron chi connectivity index (χ3n) is 4.65. The van der Waals surface area contributed by atoms with Gasteiger partial charge in [0, 0.05) is 6.04 Å². The number of thioether (sulfide) groups is 1. The van der Waals surface area contributed by atoms with Crippen LogP contribution in [0.3, 0.4) is 0 Å². The Hall–Kier alpha value is -2.80. The molecular formula is C21H21N3O3S. The number of aromatic nitrogens is 2. The van der Waals surface area contributed by atoms with E-state index in [4.69, 9.17) is 4.74 Å². The molecule has 0 radical (unpaired) electrons. The Labute approximate surface area is 166 Å². The molecule has 1 saturated carbocycles. The first kappa shape index (κ1) is 18.6. The van der Waals surface area contributed by atoms with Crippen molar-refractivity contribution < 1.29 is 9.53 Å². The fraction of sp³-hybridized carbons (Fsp3) is 0.286. The minimum absolute atomic E-state index is 0.0313. The van der Waals surface area contributed by atoms with Gasteiger partial charge in [-0.05, 0) is 56.2 Å². The zero-order chi connectivity index (χ0) is 19.7. The fourth-order valence-electron chi connectivity index (χ4n) is 2.91. The van der Waals surface area contributed by atoms with Gasteiger partial charge in [-0.1, -0.05) is 23.9 Å². The van der Waals surface area contributed by atoms with Gasteiger partial charge in [-0.15, -0.1) is 0 Å². The molecule has 2 aromatic carbocycles. The van der Waals surface area contributed by atoms with E-state index in [1.807, 2.05) is 37.3 Å². The molecule has 7 heteroatoms. The summed E-state index contributed by atoms with van der Waals surface area (Å²) in [4.78, 5) is 30.3. The van der Waals surface area contributed by atoms with Gasteiger partial charge in [-0.25, -0.2) is 4.98 Å². The number of amides is 1. The molecule has 1 fully saturated rings. The van der Waals surface area contributed by atoms with Crippen LogP contribution in [0, 0.1) is 0 Å². The van der Waals surface area contributed by atoms with Crippen molar-refractivity contribution in [1.82, 2.24) is 14.9 Å². The summed E-state index contributed by atoms with van der Waals surface area (Å²) in [6, 6.07) is 14.8. The van der Waals surface area contributed by atoms with Crippen molar-refractivity contribution in [2.24, 2.45) is 0 Å². The highest BCUT2D eigenvalue weighted by Crippen LogP contribution is 2.27. The monoisotopic (exact) mass is 395 g/mol. The number of rotatable bonds is 6. The van der Waals surface area contributed by atoms with E-state index in [9.17, 15) is 9.59 Å². The number of nitrogens with zero attached hydrogens (tertiary/aromatic N) is 2. The van der Waals surface area contributed by atoms with Crippen molar-refractivity contribution in [3.63, 3.8) is 0 Å². The van der Waals surface area contributed by atoms with Crippen LogP contribution in [0.15, 0.2) is 58.5 Å². The molecule has 4 rings (SSSR count). The largest absolute Gasteiger partial charge is 0.497 e. The third-order valence-corrected chi connectivity index (χ3v) is 5.70. The summed E-state index contributed by atoms with van der Waals surface area (Å²) in [6.45, 7) is 1.84. The highest BCUT2D eigenvalue weighted by molar-refractivity contribution is 8.00. The molecular weight excluding hydrogens is 374 g/mol. The van der Waals surface area contributed by atoms with Crippen LogP contribution in [-0.2, 0) is 4.79 Å². The summed E-state index contributed by atoms with van der Waals surface area (Å²) in [5.41, 5.74) is 1.14. The second-order valence-electron chi connectivity index (χ2n) is 6.79. The maximum Gasteiger partial charge on any atom is 0.266 e. The molecule has 0 saturated heterocycles. The van der Waals surface area contributed by atoms with Crippen molar-refractivity contribution in [3.8, 4) is 11.4 Å². The predicted octanol–water partition coefficient (Wildman–Crippen LogP) is 3.15. The molecule has 1 aliphatic carbocycles. The van der Waals surface area contributed by atoms with Crippen LogP contribution < -0.4 is 15.6 Å². The van der Waals surface area contributed by atoms with Gasteiger partial charge >= 0.3 is 0 Å². The van der Waals surface area contributed by atoms with Gasteiger partial charge in [-0.2, -0.15) is 0 Å². The number of methoxy groups -OCH3 is 1. The van der Waals surface area contributed by atoms with Crippen LogP contribution in [0.4, 0.5) is 0 Å². The van der Waals surface area contributed by atoms with E-state index in [2.05, 4.69) is 10.3 Å². The van der Waals surface area contributed by atoms with Crippen molar-refractivity contribution >= 4 is 28.6 Å². The van der Waals surface area contributed by atoms with Gasteiger partial charge in [0.15, 0.2) is 5.16 Å². The molecule has 1 heterocycles. The first-order chi connectivity index (χ1) is 13.6. The summed E-state index contributed by atoms with van der Waals surface area (Å²) in [6.07, 6.45) is 2.07. The van der Waals surface area contributed by atoms with E-state index in [1.54, 1.807) is 29.9 Å². The van der Waals surface area contributed by atoms with Crippen molar-refractivity contribution in [2.75, 3.05) is 7.11 Å². The molecule has 0 bridgehead atoms. The fourth-order valence-corrected chi connectivity index (χ4v) is 3.84. The minimum atomic E-state index is -0.363. The molecule has 6 nitrogen and oxygen atoms in total. The normalized spacial score (nSPS) is 14.6. The van der Waals surface area contributed by atoms with Gasteiger partial charge in [0.25, 0.3) is 5.56 Å². The number of hydrogen-bond donors (Lipinski definition) is 1. The maximum absolute atomic E-state index is 13.2. The van der Waals surface area contributed by atoms with Crippen molar-refractivity contribution in [1.29, 1.82) is 0 Å². The molecule has 28 heavy (non-hydrogen) atoms. The molecule has 1 aromatic heterocycles. The summed E-state index contributed by atoms with van der Waals surface area (Å²) < 4.78 is 6.78.